The van der Waals surface area contributed by atoms with Crippen LogP contribution in [0.1, 0.15) is 11.1 Å². The molecular formula is C23H17F3N4O2. The monoisotopic (exact) mass is 438 g/mol. The maximum absolute atomic E-state index is 12.6. The van der Waals surface area contributed by atoms with Gasteiger partial charge >= 0.3 is 6.18 Å². The fourth-order valence-corrected chi connectivity index (χ4v) is 3.12. The molecule has 0 unspecified atom stereocenters. The number of hydrogen-bond donors (Lipinski definition) is 3. The number of pyridine rings is 2. The number of hydrogen-bond acceptors (Lipinski definition) is 4. The van der Waals surface area contributed by atoms with E-state index in [2.05, 4.69) is 20.6 Å². The third-order valence-electron chi connectivity index (χ3n) is 4.71. The first kappa shape index (κ1) is 21.1. The third kappa shape index (κ3) is 4.94. The molecule has 0 aliphatic heterocycles. The molecule has 162 valence electrons. The Labute approximate surface area is 180 Å². The Hall–Kier alpha value is -4.14. The number of H-pyrrole nitrogens is 1. The van der Waals surface area contributed by atoms with Crippen molar-refractivity contribution in [3.8, 4) is 0 Å². The average Bonchev–Trinajstić information content (AvgIpc) is 2.75. The van der Waals surface area contributed by atoms with Crippen LogP contribution in [0, 0.1) is 0 Å². The summed E-state index contributed by atoms with van der Waals surface area (Å²) in [6.45, 7) is 0. The molecule has 1 amide bonds. The van der Waals surface area contributed by atoms with Gasteiger partial charge in [-0.15, -0.1) is 0 Å². The number of benzene rings is 2. The first-order valence-corrected chi connectivity index (χ1v) is 9.59. The second-order valence-corrected chi connectivity index (χ2v) is 7.07. The van der Waals surface area contributed by atoms with Crippen LogP contribution in [0.25, 0.3) is 10.9 Å². The van der Waals surface area contributed by atoms with E-state index in [1.165, 1.54) is 6.07 Å². The molecule has 2 aromatic carbocycles. The standard InChI is InChI=1S/C23H17F3N4O2/c24-23(25,26)16-5-10-20(27-13-16)28-17-6-8-18(9-7-17)29-21(31)12-15-11-14-3-1-2-4-19(14)30-22(15)32/h1-11,13H,12H2,(H,27,28)(H,29,31)(H,30,32). The molecule has 0 atom stereocenters. The van der Waals surface area contributed by atoms with E-state index in [1.807, 2.05) is 18.2 Å². The number of alkyl halides is 3. The summed E-state index contributed by atoms with van der Waals surface area (Å²) in [5, 5.41) is 6.45. The number of nitrogens with zero attached hydrogens (tertiary/aromatic N) is 1. The number of nitrogens with one attached hydrogen (secondary N) is 3. The van der Waals surface area contributed by atoms with Crippen molar-refractivity contribution in [3.05, 3.63) is 94.4 Å². The van der Waals surface area contributed by atoms with Crippen molar-refractivity contribution >= 4 is 34.0 Å². The van der Waals surface area contributed by atoms with Crippen molar-refractivity contribution < 1.29 is 18.0 Å². The normalized spacial score (nSPS) is 11.3. The van der Waals surface area contributed by atoms with E-state index >= 15 is 0 Å². The molecule has 0 spiro atoms. The number of rotatable bonds is 5. The summed E-state index contributed by atoms with van der Waals surface area (Å²) in [6.07, 6.45) is -3.77. The molecule has 0 saturated carbocycles. The number of amides is 1. The SMILES string of the molecule is O=C(Cc1cc2ccccc2[nH]c1=O)Nc1ccc(Nc2ccc(C(F)(F)F)cn2)cc1. The number of carbonyl (C=O) groups is 1. The van der Waals surface area contributed by atoms with E-state index in [0.29, 0.717) is 22.5 Å². The Kier molecular flexibility index (Phi) is 5.63. The van der Waals surface area contributed by atoms with Crippen molar-refractivity contribution in [2.75, 3.05) is 10.6 Å². The zero-order valence-electron chi connectivity index (χ0n) is 16.5. The lowest BCUT2D eigenvalue weighted by molar-refractivity contribution is -0.137. The summed E-state index contributed by atoms with van der Waals surface area (Å²) in [7, 11) is 0. The lowest BCUT2D eigenvalue weighted by Crippen LogP contribution is -2.21. The van der Waals surface area contributed by atoms with E-state index in [-0.39, 0.29) is 23.7 Å². The number of para-hydroxylation sites is 1. The average molecular weight is 438 g/mol. The second kappa shape index (κ2) is 8.54. The summed E-state index contributed by atoms with van der Waals surface area (Å²) < 4.78 is 37.8. The van der Waals surface area contributed by atoms with Gasteiger partial charge < -0.3 is 15.6 Å². The predicted molar refractivity (Wildman–Crippen MR) is 116 cm³/mol. The summed E-state index contributed by atoms with van der Waals surface area (Å²) in [4.78, 5) is 31.1. The number of aromatic nitrogens is 2. The molecule has 2 aromatic heterocycles. The van der Waals surface area contributed by atoms with Crippen LogP contribution in [0.3, 0.4) is 0 Å². The highest BCUT2D eigenvalue weighted by atomic mass is 19.4. The summed E-state index contributed by atoms with van der Waals surface area (Å²) in [5.74, 6) is -0.0961. The molecule has 0 fully saturated rings. The van der Waals surface area contributed by atoms with Gasteiger partial charge in [-0.25, -0.2) is 4.98 Å². The quantitative estimate of drug-likeness (QED) is 0.415. The predicted octanol–water partition coefficient (Wildman–Crippen LogP) is 4.87. The molecule has 0 aliphatic rings. The summed E-state index contributed by atoms with van der Waals surface area (Å²) in [6, 6.07) is 17.7. The second-order valence-electron chi connectivity index (χ2n) is 7.07. The molecule has 0 bridgehead atoms. The molecule has 3 N–H and O–H groups in total. The van der Waals surface area contributed by atoms with Crippen LogP contribution in [0.2, 0.25) is 0 Å². The van der Waals surface area contributed by atoms with Gasteiger partial charge in [0, 0.05) is 28.7 Å². The lowest BCUT2D eigenvalue weighted by atomic mass is 10.1. The Morgan fingerprint density at radius 2 is 1.69 bits per heavy atom. The van der Waals surface area contributed by atoms with Crippen LogP contribution in [0.5, 0.6) is 0 Å². The molecule has 4 aromatic rings. The Morgan fingerprint density at radius 3 is 2.38 bits per heavy atom. The fourth-order valence-electron chi connectivity index (χ4n) is 3.12. The van der Waals surface area contributed by atoms with E-state index < -0.39 is 11.7 Å². The Morgan fingerprint density at radius 1 is 0.969 bits per heavy atom. The first-order chi connectivity index (χ1) is 15.3. The fraction of sp³-hybridized carbons (Fsp3) is 0.0870. The topological polar surface area (TPSA) is 86.9 Å². The molecular weight excluding hydrogens is 421 g/mol. The molecule has 0 saturated heterocycles. The van der Waals surface area contributed by atoms with Crippen LogP contribution < -0.4 is 16.2 Å². The molecule has 4 rings (SSSR count). The minimum Gasteiger partial charge on any atom is -0.340 e. The number of anilines is 3. The highest BCUT2D eigenvalue weighted by Gasteiger charge is 2.30. The Balaban J connectivity index is 1.39. The molecule has 9 heteroatoms. The van der Waals surface area contributed by atoms with Crippen LogP contribution in [0.4, 0.5) is 30.4 Å². The number of halogens is 3. The van der Waals surface area contributed by atoms with Gasteiger partial charge in [-0.1, -0.05) is 18.2 Å². The van der Waals surface area contributed by atoms with Crippen LogP contribution in [-0.2, 0) is 17.4 Å². The lowest BCUT2D eigenvalue weighted by Gasteiger charge is -2.10. The van der Waals surface area contributed by atoms with Crippen molar-refractivity contribution in [2.45, 2.75) is 12.6 Å². The number of carbonyl (C=O) groups excluding carboxylic acids is 1. The van der Waals surface area contributed by atoms with Gasteiger partial charge in [0.05, 0.1) is 12.0 Å². The minimum absolute atomic E-state index is 0.0877. The zero-order valence-corrected chi connectivity index (χ0v) is 16.5. The number of aromatic amines is 1. The molecule has 32 heavy (non-hydrogen) atoms. The van der Waals surface area contributed by atoms with Gasteiger partial charge in [0.15, 0.2) is 0 Å². The smallest absolute Gasteiger partial charge is 0.340 e. The molecule has 0 radical (unpaired) electrons. The highest BCUT2D eigenvalue weighted by molar-refractivity contribution is 5.93. The van der Waals surface area contributed by atoms with Gasteiger partial charge in [-0.05, 0) is 53.9 Å². The van der Waals surface area contributed by atoms with Crippen molar-refractivity contribution in [2.24, 2.45) is 0 Å². The summed E-state index contributed by atoms with van der Waals surface area (Å²) >= 11 is 0. The summed E-state index contributed by atoms with van der Waals surface area (Å²) in [5.41, 5.74) is 1.01. The number of fused-ring (bicyclic) bond motifs is 1. The van der Waals surface area contributed by atoms with Gasteiger partial charge in [-0.3, -0.25) is 9.59 Å². The van der Waals surface area contributed by atoms with Gasteiger partial charge in [-0.2, -0.15) is 13.2 Å². The maximum atomic E-state index is 12.6. The van der Waals surface area contributed by atoms with Gasteiger partial charge in [0.25, 0.3) is 5.56 Å². The van der Waals surface area contributed by atoms with E-state index in [1.54, 1.807) is 36.4 Å². The zero-order chi connectivity index (χ0) is 22.7. The van der Waals surface area contributed by atoms with Gasteiger partial charge in [0.2, 0.25) is 5.91 Å². The van der Waals surface area contributed by atoms with E-state index in [4.69, 9.17) is 0 Å². The molecule has 2 heterocycles. The third-order valence-corrected chi connectivity index (χ3v) is 4.71. The highest BCUT2D eigenvalue weighted by Crippen LogP contribution is 2.29. The van der Waals surface area contributed by atoms with Crippen molar-refractivity contribution in [3.63, 3.8) is 0 Å². The van der Waals surface area contributed by atoms with Crippen LogP contribution in [0.15, 0.2) is 77.7 Å². The van der Waals surface area contributed by atoms with E-state index in [9.17, 15) is 22.8 Å². The first-order valence-electron chi connectivity index (χ1n) is 9.59. The molecule has 6 nitrogen and oxygen atoms in total. The molecule has 0 aliphatic carbocycles. The largest absolute Gasteiger partial charge is 0.417 e. The van der Waals surface area contributed by atoms with Gasteiger partial charge in [0.1, 0.15) is 5.82 Å². The van der Waals surface area contributed by atoms with Crippen LogP contribution >= 0.6 is 0 Å². The van der Waals surface area contributed by atoms with E-state index in [0.717, 1.165) is 17.6 Å². The van der Waals surface area contributed by atoms with Crippen molar-refractivity contribution in [1.29, 1.82) is 0 Å². The Bertz CT molecular complexity index is 1310. The maximum Gasteiger partial charge on any atom is 0.417 e. The van der Waals surface area contributed by atoms with Crippen molar-refractivity contribution in [1.82, 2.24) is 9.97 Å². The van der Waals surface area contributed by atoms with Crippen LogP contribution in [-0.4, -0.2) is 15.9 Å². The minimum atomic E-state index is -4.44.